The maximum Gasteiger partial charge on any atom is 0.255 e. The number of hydrogen-bond donors (Lipinski definition) is 1. The molecule has 1 saturated heterocycles. The van der Waals surface area contributed by atoms with Crippen LogP contribution in [-0.4, -0.2) is 33.9 Å². The van der Waals surface area contributed by atoms with Gasteiger partial charge in [0, 0.05) is 12.7 Å². The first-order valence-corrected chi connectivity index (χ1v) is 8.61. The van der Waals surface area contributed by atoms with Gasteiger partial charge in [0.1, 0.15) is 0 Å². The summed E-state index contributed by atoms with van der Waals surface area (Å²) in [6.45, 7) is 5.50. The molecule has 1 saturated carbocycles. The molecule has 1 amide bonds. The van der Waals surface area contributed by atoms with Gasteiger partial charge in [-0.2, -0.15) is 5.10 Å². The zero-order valence-electron chi connectivity index (χ0n) is 13.7. The van der Waals surface area contributed by atoms with Crippen molar-refractivity contribution in [3.63, 3.8) is 0 Å². The summed E-state index contributed by atoms with van der Waals surface area (Å²) in [4.78, 5) is 12.5. The second-order valence-electron chi connectivity index (χ2n) is 6.82. The quantitative estimate of drug-likeness (QED) is 0.930. The van der Waals surface area contributed by atoms with Crippen LogP contribution in [0.4, 0.5) is 0 Å². The van der Waals surface area contributed by atoms with E-state index in [1.807, 2.05) is 17.8 Å². The van der Waals surface area contributed by atoms with Crippen molar-refractivity contribution in [2.75, 3.05) is 6.61 Å². The molecule has 5 nitrogen and oxygen atoms in total. The molecule has 2 heterocycles. The number of carbonyl (C=O) groups excluding carboxylic acids is 1. The van der Waals surface area contributed by atoms with E-state index >= 15 is 0 Å². The summed E-state index contributed by atoms with van der Waals surface area (Å²) in [6, 6.07) is 0.138. The molecule has 0 bridgehead atoms. The first-order chi connectivity index (χ1) is 10.6. The normalized spacial score (nSPS) is 23.8. The van der Waals surface area contributed by atoms with E-state index < -0.39 is 0 Å². The number of carbonyl (C=O) groups is 1. The number of aromatic nitrogens is 2. The fourth-order valence-corrected chi connectivity index (χ4v) is 3.83. The highest BCUT2D eigenvalue weighted by Gasteiger charge is 2.41. The van der Waals surface area contributed by atoms with Gasteiger partial charge >= 0.3 is 0 Å². The molecule has 1 aliphatic carbocycles. The van der Waals surface area contributed by atoms with Crippen LogP contribution in [-0.2, 0) is 11.3 Å². The first-order valence-electron chi connectivity index (χ1n) is 8.61. The summed E-state index contributed by atoms with van der Waals surface area (Å²) in [5, 5.41) is 7.55. The van der Waals surface area contributed by atoms with Crippen LogP contribution in [0.2, 0.25) is 0 Å². The van der Waals surface area contributed by atoms with Gasteiger partial charge in [-0.25, -0.2) is 0 Å². The first kappa shape index (κ1) is 15.5. The molecule has 3 rings (SSSR count). The summed E-state index contributed by atoms with van der Waals surface area (Å²) < 4.78 is 7.93. The smallest absolute Gasteiger partial charge is 0.255 e. The third kappa shape index (κ3) is 3.19. The minimum Gasteiger partial charge on any atom is -0.373 e. The van der Waals surface area contributed by atoms with Crippen molar-refractivity contribution < 1.29 is 9.53 Å². The van der Waals surface area contributed by atoms with Crippen molar-refractivity contribution in [2.45, 2.75) is 77.0 Å². The lowest BCUT2D eigenvalue weighted by molar-refractivity contribution is -0.0246. The van der Waals surface area contributed by atoms with E-state index in [1.165, 1.54) is 19.3 Å². The van der Waals surface area contributed by atoms with Crippen molar-refractivity contribution in [1.29, 1.82) is 0 Å². The minimum atomic E-state index is -0.0127. The number of nitrogens with one attached hydrogen (secondary N) is 1. The zero-order chi connectivity index (χ0) is 15.6. The van der Waals surface area contributed by atoms with Crippen molar-refractivity contribution in [2.24, 2.45) is 0 Å². The van der Waals surface area contributed by atoms with Gasteiger partial charge in [-0.1, -0.05) is 26.2 Å². The Morgan fingerprint density at radius 3 is 2.95 bits per heavy atom. The Morgan fingerprint density at radius 2 is 2.23 bits per heavy atom. The molecule has 0 unspecified atom stereocenters. The van der Waals surface area contributed by atoms with Crippen LogP contribution < -0.4 is 5.32 Å². The number of nitrogens with zero attached hydrogens (tertiary/aromatic N) is 2. The van der Waals surface area contributed by atoms with E-state index in [2.05, 4.69) is 17.3 Å². The Bertz CT molecular complexity index is 532. The number of hydrogen-bond acceptors (Lipinski definition) is 3. The van der Waals surface area contributed by atoms with E-state index in [9.17, 15) is 4.79 Å². The molecular formula is C17H27N3O2. The summed E-state index contributed by atoms with van der Waals surface area (Å²) in [7, 11) is 0. The van der Waals surface area contributed by atoms with Crippen molar-refractivity contribution in [3.8, 4) is 0 Å². The molecule has 1 N–H and O–H groups in total. The summed E-state index contributed by atoms with van der Waals surface area (Å²) in [6.07, 6.45) is 9.95. The molecule has 1 aliphatic heterocycles. The van der Waals surface area contributed by atoms with Crippen LogP contribution in [0.15, 0.2) is 6.20 Å². The van der Waals surface area contributed by atoms with Crippen LogP contribution in [0, 0.1) is 6.92 Å². The average molecular weight is 305 g/mol. The molecule has 1 aromatic heterocycles. The summed E-state index contributed by atoms with van der Waals surface area (Å²) in [5.41, 5.74) is 1.53. The highest BCUT2D eigenvalue weighted by Crippen LogP contribution is 2.39. The van der Waals surface area contributed by atoms with Crippen LogP contribution in [0.3, 0.4) is 0 Å². The zero-order valence-corrected chi connectivity index (χ0v) is 13.7. The number of rotatable bonds is 4. The van der Waals surface area contributed by atoms with Gasteiger partial charge in [0.25, 0.3) is 5.91 Å². The summed E-state index contributed by atoms with van der Waals surface area (Å²) >= 11 is 0. The third-order valence-electron chi connectivity index (χ3n) is 4.95. The van der Waals surface area contributed by atoms with Crippen molar-refractivity contribution in [1.82, 2.24) is 15.1 Å². The maximum atomic E-state index is 12.5. The molecule has 122 valence electrons. The molecule has 0 radical (unpaired) electrons. The molecule has 5 heteroatoms. The number of amides is 1. The Kier molecular flexibility index (Phi) is 4.52. The molecular weight excluding hydrogens is 278 g/mol. The van der Waals surface area contributed by atoms with E-state index in [0.717, 1.165) is 37.9 Å². The lowest BCUT2D eigenvalue weighted by Crippen LogP contribution is -2.37. The van der Waals surface area contributed by atoms with Crippen LogP contribution in [0.25, 0.3) is 0 Å². The van der Waals surface area contributed by atoms with Gasteiger partial charge in [0.15, 0.2) is 0 Å². The Hall–Kier alpha value is -1.36. The minimum absolute atomic E-state index is 0.0127. The second kappa shape index (κ2) is 6.41. The predicted octanol–water partition coefficient (Wildman–Crippen LogP) is 2.82. The van der Waals surface area contributed by atoms with E-state index in [0.29, 0.717) is 12.2 Å². The highest BCUT2D eigenvalue weighted by atomic mass is 16.5. The standard InChI is InChI=1S/C17H27N3O2/c1-3-9-20-11-15(13(2)19-20)16(21)18-14-10-17(22-12-14)7-5-4-6-8-17/h11,14H,3-10,12H2,1-2H3,(H,18,21)/t14-/m1/s1. The fraction of sp³-hybridized carbons (Fsp3) is 0.765. The largest absolute Gasteiger partial charge is 0.373 e. The van der Waals surface area contributed by atoms with E-state index in [-0.39, 0.29) is 17.6 Å². The third-order valence-corrected chi connectivity index (χ3v) is 4.95. The van der Waals surface area contributed by atoms with Crippen molar-refractivity contribution >= 4 is 5.91 Å². The van der Waals surface area contributed by atoms with Crippen molar-refractivity contribution in [3.05, 3.63) is 17.5 Å². The topological polar surface area (TPSA) is 56.2 Å². The average Bonchev–Trinajstić information content (AvgIpc) is 3.04. The molecule has 1 atom stereocenters. The van der Waals surface area contributed by atoms with Gasteiger partial charge in [0.2, 0.25) is 0 Å². The van der Waals surface area contributed by atoms with Gasteiger partial charge in [-0.15, -0.1) is 0 Å². The van der Waals surface area contributed by atoms with Gasteiger partial charge in [0.05, 0.1) is 29.5 Å². The van der Waals surface area contributed by atoms with E-state index in [1.54, 1.807) is 0 Å². The second-order valence-corrected chi connectivity index (χ2v) is 6.82. The van der Waals surface area contributed by atoms with Gasteiger partial charge in [-0.05, 0) is 32.6 Å². The monoisotopic (exact) mass is 305 g/mol. The van der Waals surface area contributed by atoms with E-state index in [4.69, 9.17) is 4.74 Å². The summed E-state index contributed by atoms with van der Waals surface area (Å²) in [5.74, 6) is -0.0127. The van der Waals surface area contributed by atoms with Crippen LogP contribution in [0.5, 0.6) is 0 Å². The fourth-order valence-electron chi connectivity index (χ4n) is 3.83. The number of ether oxygens (including phenoxy) is 1. The molecule has 2 aliphatic rings. The Labute approximate surface area is 132 Å². The SMILES string of the molecule is CCCn1cc(C(=O)N[C@H]2COC3(CCCCC3)C2)c(C)n1. The lowest BCUT2D eigenvalue weighted by atomic mass is 9.82. The molecule has 1 aromatic rings. The van der Waals surface area contributed by atoms with Crippen LogP contribution in [0.1, 0.15) is 67.9 Å². The molecule has 0 aromatic carbocycles. The van der Waals surface area contributed by atoms with Gasteiger partial charge in [-0.3, -0.25) is 9.48 Å². The van der Waals surface area contributed by atoms with Crippen LogP contribution >= 0.6 is 0 Å². The molecule has 22 heavy (non-hydrogen) atoms. The molecule has 1 spiro atoms. The number of aryl methyl sites for hydroxylation is 2. The Balaban J connectivity index is 1.60. The highest BCUT2D eigenvalue weighted by molar-refractivity contribution is 5.95. The maximum absolute atomic E-state index is 12.5. The Morgan fingerprint density at radius 1 is 1.45 bits per heavy atom. The van der Waals surface area contributed by atoms with Gasteiger partial charge < -0.3 is 10.1 Å². The lowest BCUT2D eigenvalue weighted by Gasteiger charge is -2.32. The molecule has 2 fully saturated rings. The predicted molar refractivity (Wildman–Crippen MR) is 84.9 cm³/mol.